The summed E-state index contributed by atoms with van der Waals surface area (Å²) in [6.07, 6.45) is 2.79. The summed E-state index contributed by atoms with van der Waals surface area (Å²) < 4.78 is 5.24. The van der Waals surface area contributed by atoms with Crippen LogP contribution in [0.5, 0.6) is 5.75 Å². The Balaban J connectivity index is 1.74. The summed E-state index contributed by atoms with van der Waals surface area (Å²) in [4.78, 5) is 2.69. The number of methoxy groups -OCH3 is 1. The van der Waals surface area contributed by atoms with Gasteiger partial charge in [-0.15, -0.1) is 0 Å². The zero-order chi connectivity index (χ0) is 14.2. The predicted octanol–water partition coefficient (Wildman–Crippen LogP) is 2.66. The van der Waals surface area contributed by atoms with E-state index in [0.29, 0.717) is 11.6 Å². The molecular weight excluding hydrogens is 248 g/mol. The molecule has 0 radical (unpaired) electrons. The zero-order valence-electron chi connectivity index (χ0n) is 12.9. The number of hydrogen-bond donors (Lipinski definition) is 1. The average Bonchev–Trinajstić information content (AvgIpc) is 3.29. The van der Waals surface area contributed by atoms with E-state index in [-0.39, 0.29) is 0 Å². The summed E-state index contributed by atoms with van der Waals surface area (Å²) in [6, 6.07) is 9.10. The summed E-state index contributed by atoms with van der Waals surface area (Å²) in [5.74, 6) is 1.81. The highest BCUT2D eigenvalue weighted by Gasteiger charge is 2.47. The first kappa shape index (κ1) is 13.9. The Morgan fingerprint density at radius 2 is 2.00 bits per heavy atom. The van der Waals surface area contributed by atoms with Crippen molar-refractivity contribution >= 4 is 0 Å². The summed E-state index contributed by atoms with van der Waals surface area (Å²) in [7, 11) is 1.72. The lowest BCUT2D eigenvalue weighted by Crippen LogP contribution is -2.63. The fraction of sp³-hybridized carbons (Fsp3) is 0.647. The molecule has 3 heteroatoms. The monoisotopic (exact) mass is 274 g/mol. The average molecular weight is 274 g/mol. The molecule has 1 aliphatic carbocycles. The Bertz CT molecular complexity index is 455. The van der Waals surface area contributed by atoms with Crippen LogP contribution in [-0.2, 0) is 6.54 Å². The van der Waals surface area contributed by atoms with Crippen LogP contribution in [-0.4, -0.2) is 36.7 Å². The maximum absolute atomic E-state index is 5.24. The lowest BCUT2D eigenvalue weighted by molar-refractivity contribution is 0.0312. The minimum absolute atomic E-state index is 0.326. The maximum Gasteiger partial charge on any atom is 0.118 e. The third-order valence-electron chi connectivity index (χ3n) is 5.01. The van der Waals surface area contributed by atoms with Gasteiger partial charge in [-0.3, -0.25) is 4.90 Å². The first-order valence-corrected chi connectivity index (χ1v) is 7.73. The summed E-state index contributed by atoms with van der Waals surface area (Å²) in [6.45, 7) is 8.03. The number of nitrogens with one attached hydrogen (secondary N) is 1. The van der Waals surface area contributed by atoms with Crippen LogP contribution in [0.4, 0.5) is 0 Å². The maximum atomic E-state index is 5.24. The lowest BCUT2D eigenvalue weighted by Gasteiger charge is -2.48. The van der Waals surface area contributed by atoms with Gasteiger partial charge < -0.3 is 10.1 Å². The van der Waals surface area contributed by atoms with Crippen molar-refractivity contribution in [2.24, 2.45) is 5.92 Å². The summed E-state index contributed by atoms with van der Waals surface area (Å²) in [5, 5.41) is 3.67. The molecule has 1 aromatic carbocycles. The van der Waals surface area contributed by atoms with Crippen molar-refractivity contribution in [3.8, 4) is 5.75 Å². The fourth-order valence-corrected chi connectivity index (χ4v) is 3.40. The molecular formula is C17H26N2O. The minimum atomic E-state index is 0.326. The van der Waals surface area contributed by atoms with E-state index in [1.807, 2.05) is 0 Å². The van der Waals surface area contributed by atoms with Gasteiger partial charge in [-0.25, -0.2) is 0 Å². The number of nitrogens with zero attached hydrogens (tertiary/aromatic N) is 1. The van der Waals surface area contributed by atoms with Crippen LogP contribution in [0.2, 0.25) is 0 Å². The van der Waals surface area contributed by atoms with Crippen molar-refractivity contribution < 1.29 is 4.74 Å². The largest absolute Gasteiger partial charge is 0.497 e. The van der Waals surface area contributed by atoms with Crippen molar-refractivity contribution in [1.29, 1.82) is 0 Å². The third-order valence-corrected chi connectivity index (χ3v) is 5.01. The Kier molecular flexibility index (Phi) is 3.74. The molecule has 0 amide bonds. The van der Waals surface area contributed by atoms with Gasteiger partial charge in [0.05, 0.1) is 7.11 Å². The van der Waals surface area contributed by atoms with E-state index in [1.165, 1.54) is 18.4 Å². The molecule has 0 bridgehead atoms. The normalized spacial score (nSPS) is 31.2. The smallest absolute Gasteiger partial charge is 0.118 e. The van der Waals surface area contributed by atoms with Crippen molar-refractivity contribution in [1.82, 2.24) is 10.2 Å². The molecule has 1 aromatic rings. The van der Waals surface area contributed by atoms with Gasteiger partial charge in [0.1, 0.15) is 5.75 Å². The van der Waals surface area contributed by atoms with Gasteiger partial charge >= 0.3 is 0 Å². The molecule has 1 heterocycles. The van der Waals surface area contributed by atoms with Gasteiger partial charge in [-0.1, -0.05) is 12.1 Å². The minimum Gasteiger partial charge on any atom is -0.497 e. The molecule has 110 valence electrons. The fourth-order valence-electron chi connectivity index (χ4n) is 3.40. The molecule has 20 heavy (non-hydrogen) atoms. The van der Waals surface area contributed by atoms with Crippen LogP contribution in [0.25, 0.3) is 0 Å². The Labute approximate surface area is 122 Å². The number of hydrogen-bond acceptors (Lipinski definition) is 3. The van der Waals surface area contributed by atoms with E-state index in [2.05, 4.69) is 48.3 Å². The Morgan fingerprint density at radius 3 is 2.60 bits per heavy atom. The second-order valence-electron chi connectivity index (χ2n) is 6.64. The first-order valence-electron chi connectivity index (χ1n) is 7.73. The third kappa shape index (κ3) is 2.70. The quantitative estimate of drug-likeness (QED) is 0.913. The standard InChI is InChI=1S/C17H26N2O/c1-13-10-19(17(2,12-18-13)15-6-7-15)11-14-4-8-16(20-3)9-5-14/h4-5,8-9,13,15,18H,6-7,10-12H2,1-3H3. The second-order valence-corrected chi connectivity index (χ2v) is 6.64. The number of rotatable bonds is 4. The Morgan fingerprint density at radius 1 is 1.30 bits per heavy atom. The molecule has 1 aliphatic heterocycles. The predicted molar refractivity (Wildman–Crippen MR) is 82.0 cm³/mol. The molecule has 3 rings (SSSR count). The highest BCUT2D eigenvalue weighted by molar-refractivity contribution is 5.27. The second kappa shape index (κ2) is 5.38. The van der Waals surface area contributed by atoms with Crippen LogP contribution >= 0.6 is 0 Å². The van der Waals surface area contributed by atoms with Crippen LogP contribution < -0.4 is 10.1 Å². The molecule has 1 saturated carbocycles. The van der Waals surface area contributed by atoms with Crippen molar-refractivity contribution in [3.05, 3.63) is 29.8 Å². The molecule has 0 spiro atoms. The highest BCUT2D eigenvalue weighted by atomic mass is 16.5. The summed E-state index contributed by atoms with van der Waals surface area (Å²) >= 11 is 0. The highest BCUT2D eigenvalue weighted by Crippen LogP contribution is 2.44. The molecule has 1 saturated heterocycles. The van der Waals surface area contributed by atoms with E-state index >= 15 is 0 Å². The number of piperazine rings is 1. The SMILES string of the molecule is COc1ccc(CN2CC(C)NCC2(C)C2CC2)cc1. The van der Waals surface area contributed by atoms with Gasteiger partial charge in [0, 0.05) is 31.2 Å². The van der Waals surface area contributed by atoms with Gasteiger partial charge in [0.2, 0.25) is 0 Å². The van der Waals surface area contributed by atoms with Gasteiger partial charge in [0.15, 0.2) is 0 Å². The van der Waals surface area contributed by atoms with E-state index in [0.717, 1.165) is 31.3 Å². The van der Waals surface area contributed by atoms with Crippen molar-refractivity contribution in [2.75, 3.05) is 20.2 Å². The van der Waals surface area contributed by atoms with E-state index < -0.39 is 0 Å². The van der Waals surface area contributed by atoms with E-state index in [1.54, 1.807) is 7.11 Å². The molecule has 0 aromatic heterocycles. The Hall–Kier alpha value is -1.06. The summed E-state index contributed by atoms with van der Waals surface area (Å²) in [5.41, 5.74) is 1.71. The van der Waals surface area contributed by atoms with E-state index in [4.69, 9.17) is 4.74 Å². The van der Waals surface area contributed by atoms with Crippen LogP contribution in [0.1, 0.15) is 32.3 Å². The molecule has 3 nitrogen and oxygen atoms in total. The van der Waals surface area contributed by atoms with Gasteiger partial charge in [0.25, 0.3) is 0 Å². The molecule has 2 aliphatic rings. The molecule has 2 atom stereocenters. The van der Waals surface area contributed by atoms with Crippen molar-refractivity contribution in [2.45, 2.75) is 44.8 Å². The first-order chi connectivity index (χ1) is 9.61. The number of ether oxygens (including phenoxy) is 1. The molecule has 2 unspecified atom stereocenters. The molecule has 1 N–H and O–H groups in total. The van der Waals surface area contributed by atoms with Crippen molar-refractivity contribution in [3.63, 3.8) is 0 Å². The van der Waals surface area contributed by atoms with Gasteiger partial charge in [-0.05, 0) is 50.3 Å². The number of benzene rings is 1. The van der Waals surface area contributed by atoms with Crippen LogP contribution in [0, 0.1) is 5.92 Å². The topological polar surface area (TPSA) is 24.5 Å². The van der Waals surface area contributed by atoms with Gasteiger partial charge in [-0.2, -0.15) is 0 Å². The van der Waals surface area contributed by atoms with Crippen LogP contribution in [0.3, 0.4) is 0 Å². The zero-order valence-corrected chi connectivity index (χ0v) is 12.9. The van der Waals surface area contributed by atoms with Crippen LogP contribution in [0.15, 0.2) is 24.3 Å². The lowest BCUT2D eigenvalue weighted by atomic mass is 9.89. The molecule has 2 fully saturated rings. The van der Waals surface area contributed by atoms with E-state index in [9.17, 15) is 0 Å².